The minimum atomic E-state index is 0.600. The van der Waals surface area contributed by atoms with Gasteiger partial charge in [-0.05, 0) is 37.1 Å². The molecule has 108 valence electrons. The van der Waals surface area contributed by atoms with Gasteiger partial charge in [0.1, 0.15) is 23.8 Å². The fourth-order valence-electron chi connectivity index (χ4n) is 2.29. The molecule has 0 aliphatic heterocycles. The van der Waals surface area contributed by atoms with Crippen molar-refractivity contribution in [2.75, 3.05) is 5.43 Å². The molecule has 2 heterocycles. The Balaban J connectivity index is 2.22. The first-order valence-electron chi connectivity index (χ1n) is 6.91. The minimum Gasteiger partial charge on any atom is -0.308 e. The van der Waals surface area contributed by atoms with Crippen LogP contribution in [0.25, 0.3) is 16.9 Å². The molecule has 3 rings (SSSR count). The van der Waals surface area contributed by atoms with Crippen molar-refractivity contribution in [2.45, 2.75) is 27.2 Å². The van der Waals surface area contributed by atoms with Crippen molar-refractivity contribution >= 4 is 16.9 Å². The first kappa shape index (κ1) is 13.5. The summed E-state index contributed by atoms with van der Waals surface area (Å²) < 4.78 is 1.96. The molecule has 0 aliphatic rings. The second kappa shape index (κ2) is 5.14. The van der Waals surface area contributed by atoms with Gasteiger partial charge in [0.05, 0.1) is 11.0 Å². The highest BCUT2D eigenvalue weighted by Gasteiger charge is 2.10. The van der Waals surface area contributed by atoms with Crippen molar-refractivity contribution in [1.82, 2.24) is 19.5 Å². The van der Waals surface area contributed by atoms with Crippen molar-refractivity contribution in [3.8, 4) is 5.82 Å². The van der Waals surface area contributed by atoms with Crippen LogP contribution >= 0.6 is 0 Å². The van der Waals surface area contributed by atoms with Crippen LogP contribution in [0.2, 0.25) is 0 Å². The Morgan fingerprint density at radius 3 is 2.62 bits per heavy atom. The standard InChI is InChI=1S/C15H18N6/c1-4-13-18-14(20-16)7-15(19-13)21-8-17-11-5-9(2)10(3)6-12(11)21/h5-8H,4,16H2,1-3H3,(H,18,19,20). The van der Waals surface area contributed by atoms with Gasteiger partial charge in [0, 0.05) is 12.5 Å². The van der Waals surface area contributed by atoms with Crippen LogP contribution in [0.3, 0.4) is 0 Å². The molecule has 0 bridgehead atoms. The van der Waals surface area contributed by atoms with E-state index < -0.39 is 0 Å². The van der Waals surface area contributed by atoms with Gasteiger partial charge in [-0.1, -0.05) is 6.92 Å². The van der Waals surface area contributed by atoms with Gasteiger partial charge in [-0.15, -0.1) is 0 Å². The van der Waals surface area contributed by atoms with Crippen LogP contribution < -0.4 is 11.3 Å². The second-order valence-corrected chi connectivity index (χ2v) is 5.07. The fraction of sp³-hybridized carbons (Fsp3) is 0.267. The molecule has 0 saturated carbocycles. The number of hydrazine groups is 1. The van der Waals surface area contributed by atoms with Gasteiger partial charge >= 0.3 is 0 Å². The van der Waals surface area contributed by atoms with Gasteiger partial charge in [0.15, 0.2) is 0 Å². The third-order valence-corrected chi connectivity index (χ3v) is 3.63. The number of rotatable bonds is 3. The second-order valence-electron chi connectivity index (χ2n) is 5.07. The summed E-state index contributed by atoms with van der Waals surface area (Å²) in [7, 11) is 0. The number of aromatic nitrogens is 4. The average molecular weight is 282 g/mol. The van der Waals surface area contributed by atoms with E-state index in [9.17, 15) is 0 Å². The number of imidazole rings is 1. The maximum absolute atomic E-state index is 5.49. The third-order valence-electron chi connectivity index (χ3n) is 3.63. The molecule has 3 aromatic rings. The van der Waals surface area contributed by atoms with Crippen LogP contribution in [0.15, 0.2) is 24.5 Å². The summed E-state index contributed by atoms with van der Waals surface area (Å²) in [6.07, 6.45) is 2.53. The lowest BCUT2D eigenvalue weighted by Gasteiger charge is -2.09. The number of nitrogens with one attached hydrogen (secondary N) is 1. The Labute approximate surface area is 123 Å². The Kier molecular flexibility index (Phi) is 3.31. The lowest BCUT2D eigenvalue weighted by molar-refractivity contribution is 0.895. The molecule has 0 saturated heterocycles. The van der Waals surface area contributed by atoms with E-state index in [1.165, 1.54) is 11.1 Å². The number of fused-ring (bicyclic) bond motifs is 1. The van der Waals surface area contributed by atoms with E-state index in [-0.39, 0.29) is 0 Å². The van der Waals surface area contributed by atoms with E-state index in [1.807, 2.05) is 17.6 Å². The van der Waals surface area contributed by atoms with Crippen molar-refractivity contribution in [3.05, 3.63) is 41.5 Å². The highest BCUT2D eigenvalue weighted by molar-refractivity contribution is 5.79. The van der Waals surface area contributed by atoms with Crippen LogP contribution in [0.5, 0.6) is 0 Å². The van der Waals surface area contributed by atoms with Gasteiger partial charge in [-0.25, -0.2) is 20.8 Å². The molecule has 1 aromatic carbocycles. The minimum absolute atomic E-state index is 0.600. The molecule has 0 fully saturated rings. The lowest BCUT2D eigenvalue weighted by Crippen LogP contribution is -2.12. The predicted octanol–water partition coefficient (Wildman–Crippen LogP) is 2.28. The quantitative estimate of drug-likeness (QED) is 0.569. The van der Waals surface area contributed by atoms with Gasteiger partial charge in [-0.2, -0.15) is 0 Å². The van der Waals surface area contributed by atoms with Crippen molar-refractivity contribution in [1.29, 1.82) is 0 Å². The van der Waals surface area contributed by atoms with E-state index in [4.69, 9.17) is 5.84 Å². The summed E-state index contributed by atoms with van der Waals surface area (Å²) in [4.78, 5) is 13.3. The number of nitrogens with two attached hydrogens (primary N) is 1. The lowest BCUT2D eigenvalue weighted by atomic mass is 10.1. The smallest absolute Gasteiger partial charge is 0.145 e. The monoisotopic (exact) mass is 282 g/mol. The highest BCUT2D eigenvalue weighted by Crippen LogP contribution is 2.22. The van der Waals surface area contributed by atoms with Gasteiger partial charge < -0.3 is 5.43 Å². The summed E-state index contributed by atoms with van der Waals surface area (Å²) in [5.74, 6) is 7.59. The molecule has 0 aliphatic carbocycles. The maximum atomic E-state index is 5.49. The maximum Gasteiger partial charge on any atom is 0.145 e. The number of nitrogens with zero attached hydrogens (tertiary/aromatic N) is 4. The predicted molar refractivity (Wildman–Crippen MR) is 83.3 cm³/mol. The molecule has 6 heteroatoms. The summed E-state index contributed by atoms with van der Waals surface area (Å²) >= 11 is 0. The first-order chi connectivity index (χ1) is 10.1. The normalized spacial score (nSPS) is 11.0. The largest absolute Gasteiger partial charge is 0.308 e. The molecule has 6 nitrogen and oxygen atoms in total. The molecule has 2 aromatic heterocycles. The topological polar surface area (TPSA) is 81.6 Å². The zero-order valence-electron chi connectivity index (χ0n) is 12.4. The summed E-state index contributed by atoms with van der Waals surface area (Å²) in [6.45, 7) is 6.19. The molecule has 0 spiro atoms. The highest BCUT2D eigenvalue weighted by atomic mass is 15.3. The molecule has 21 heavy (non-hydrogen) atoms. The third kappa shape index (κ3) is 2.34. The average Bonchev–Trinajstić information content (AvgIpc) is 2.90. The van der Waals surface area contributed by atoms with E-state index in [0.29, 0.717) is 5.82 Å². The number of hydrogen-bond donors (Lipinski definition) is 2. The molecule has 0 unspecified atom stereocenters. The molecule has 0 radical (unpaired) electrons. The van der Waals surface area contributed by atoms with Gasteiger partial charge in [-0.3, -0.25) is 4.57 Å². The zero-order valence-corrected chi connectivity index (χ0v) is 12.4. The van der Waals surface area contributed by atoms with Crippen LogP contribution in [0, 0.1) is 13.8 Å². The Morgan fingerprint density at radius 1 is 1.14 bits per heavy atom. The fourth-order valence-corrected chi connectivity index (χ4v) is 2.29. The summed E-state index contributed by atoms with van der Waals surface area (Å²) in [5, 5.41) is 0. The zero-order chi connectivity index (χ0) is 15.0. The molecule has 0 atom stereocenters. The van der Waals surface area contributed by atoms with Crippen molar-refractivity contribution in [3.63, 3.8) is 0 Å². The number of nitrogen functional groups attached to an aromatic ring is 1. The van der Waals surface area contributed by atoms with E-state index in [2.05, 4.69) is 46.4 Å². The Hall–Kier alpha value is -2.47. The van der Waals surface area contributed by atoms with Crippen molar-refractivity contribution in [2.24, 2.45) is 5.84 Å². The molecule has 3 N–H and O–H groups in total. The first-order valence-corrected chi connectivity index (χ1v) is 6.91. The van der Waals surface area contributed by atoms with Crippen LogP contribution in [0.1, 0.15) is 23.9 Å². The van der Waals surface area contributed by atoms with Gasteiger partial charge in [0.2, 0.25) is 0 Å². The van der Waals surface area contributed by atoms with E-state index >= 15 is 0 Å². The van der Waals surface area contributed by atoms with E-state index in [1.54, 1.807) is 6.33 Å². The number of hydrogen-bond acceptors (Lipinski definition) is 5. The SMILES string of the molecule is CCc1nc(NN)cc(-n2cnc3cc(C)c(C)cc32)n1. The molecular formula is C15H18N6. The Bertz CT molecular complexity index is 783. The molecular weight excluding hydrogens is 264 g/mol. The van der Waals surface area contributed by atoms with Gasteiger partial charge in [0.25, 0.3) is 0 Å². The summed E-state index contributed by atoms with van der Waals surface area (Å²) in [5.41, 5.74) is 7.03. The number of benzene rings is 1. The van der Waals surface area contributed by atoms with Crippen LogP contribution in [0.4, 0.5) is 5.82 Å². The van der Waals surface area contributed by atoms with Crippen LogP contribution in [-0.2, 0) is 6.42 Å². The molecule has 0 amide bonds. The number of anilines is 1. The Morgan fingerprint density at radius 2 is 1.90 bits per heavy atom. The summed E-state index contributed by atoms with van der Waals surface area (Å²) in [6, 6.07) is 6.03. The van der Waals surface area contributed by atoms with Crippen LogP contribution in [-0.4, -0.2) is 19.5 Å². The van der Waals surface area contributed by atoms with Crippen molar-refractivity contribution < 1.29 is 0 Å². The van der Waals surface area contributed by atoms with E-state index in [0.717, 1.165) is 29.1 Å². The number of aryl methyl sites for hydroxylation is 3.